The maximum Gasteiger partial charge on any atom is 0.231 e. The standard InChI is InChI=1S/C12H22N6O/c1-9(19)5-6-14-11-15-10(13)16-12(17-11)18-7-3-2-4-8-18/h9,19H,2-8H2,1H3,(H3,13,14,15,16,17). The number of nitrogens with two attached hydrogens (primary N) is 1. The number of aliphatic hydroxyl groups is 1. The second-order valence-electron chi connectivity index (χ2n) is 4.93. The number of piperidine rings is 1. The largest absolute Gasteiger partial charge is 0.393 e. The van der Waals surface area contributed by atoms with Crippen molar-refractivity contribution in [3.63, 3.8) is 0 Å². The van der Waals surface area contributed by atoms with Gasteiger partial charge in [0, 0.05) is 19.6 Å². The third kappa shape index (κ3) is 4.20. The fraction of sp³-hybridized carbons (Fsp3) is 0.750. The number of nitrogens with one attached hydrogen (secondary N) is 1. The first-order valence-corrected chi connectivity index (χ1v) is 6.83. The van der Waals surface area contributed by atoms with Gasteiger partial charge < -0.3 is 21.1 Å². The van der Waals surface area contributed by atoms with Gasteiger partial charge in [-0.3, -0.25) is 0 Å². The van der Waals surface area contributed by atoms with E-state index in [4.69, 9.17) is 5.73 Å². The van der Waals surface area contributed by atoms with E-state index in [1.807, 2.05) is 0 Å². The maximum absolute atomic E-state index is 9.22. The summed E-state index contributed by atoms with van der Waals surface area (Å²) in [7, 11) is 0. The summed E-state index contributed by atoms with van der Waals surface area (Å²) in [6.45, 7) is 4.30. The first-order chi connectivity index (χ1) is 9.15. The van der Waals surface area contributed by atoms with Crippen LogP contribution in [0.1, 0.15) is 32.6 Å². The van der Waals surface area contributed by atoms with Crippen LogP contribution < -0.4 is 16.0 Å². The second-order valence-corrected chi connectivity index (χ2v) is 4.93. The lowest BCUT2D eigenvalue weighted by Crippen LogP contribution is -2.31. The molecule has 0 bridgehead atoms. The average Bonchev–Trinajstić information content (AvgIpc) is 2.39. The normalized spacial score (nSPS) is 17.3. The van der Waals surface area contributed by atoms with Crippen LogP contribution in [0, 0.1) is 0 Å². The Morgan fingerprint density at radius 3 is 2.68 bits per heavy atom. The molecule has 106 valence electrons. The molecular weight excluding hydrogens is 244 g/mol. The van der Waals surface area contributed by atoms with Crippen molar-refractivity contribution in [1.29, 1.82) is 0 Å². The summed E-state index contributed by atoms with van der Waals surface area (Å²) in [5.74, 6) is 1.36. The number of nitrogen functional groups attached to an aromatic ring is 1. The van der Waals surface area contributed by atoms with Crippen molar-refractivity contribution < 1.29 is 5.11 Å². The Morgan fingerprint density at radius 2 is 2.00 bits per heavy atom. The van der Waals surface area contributed by atoms with Crippen molar-refractivity contribution in [3.8, 4) is 0 Å². The van der Waals surface area contributed by atoms with E-state index >= 15 is 0 Å². The Balaban J connectivity index is 2.01. The average molecular weight is 266 g/mol. The van der Waals surface area contributed by atoms with Gasteiger partial charge in [0.05, 0.1) is 6.10 Å². The number of aliphatic hydroxyl groups excluding tert-OH is 1. The molecule has 1 aliphatic rings. The first kappa shape index (κ1) is 13.8. The molecule has 0 aliphatic carbocycles. The van der Waals surface area contributed by atoms with E-state index in [-0.39, 0.29) is 12.1 Å². The summed E-state index contributed by atoms with van der Waals surface area (Å²) in [6.07, 6.45) is 3.89. The summed E-state index contributed by atoms with van der Waals surface area (Å²) in [5, 5.41) is 12.3. The van der Waals surface area contributed by atoms with Crippen LogP contribution in [0.3, 0.4) is 0 Å². The lowest BCUT2D eigenvalue weighted by Gasteiger charge is -2.26. The van der Waals surface area contributed by atoms with Gasteiger partial charge in [-0.15, -0.1) is 0 Å². The molecule has 2 rings (SSSR count). The van der Waals surface area contributed by atoms with Crippen LogP contribution >= 0.6 is 0 Å². The zero-order valence-electron chi connectivity index (χ0n) is 11.3. The number of hydrogen-bond acceptors (Lipinski definition) is 7. The first-order valence-electron chi connectivity index (χ1n) is 6.83. The Labute approximate surface area is 113 Å². The van der Waals surface area contributed by atoms with Gasteiger partial charge >= 0.3 is 0 Å². The topological polar surface area (TPSA) is 100 Å². The van der Waals surface area contributed by atoms with Gasteiger partial charge in [0.1, 0.15) is 0 Å². The van der Waals surface area contributed by atoms with E-state index in [2.05, 4.69) is 25.2 Å². The Kier molecular flexibility index (Phi) is 4.73. The number of aromatic nitrogens is 3. The highest BCUT2D eigenvalue weighted by Gasteiger charge is 2.15. The van der Waals surface area contributed by atoms with Crippen LogP contribution in [0.2, 0.25) is 0 Å². The van der Waals surface area contributed by atoms with Crippen molar-refractivity contribution >= 4 is 17.8 Å². The minimum atomic E-state index is -0.340. The third-order valence-electron chi connectivity index (χ3n) is 3.13. The Bertz CT molecular complexity index is 405. The lowest BCUT2D eigenvalue weighted by atomic mass is 10.1. The highest BCUT2D eigenvalue weighted by Crippen LogP contribution is 2.17. The molecule has 0 radical (unpaired) electrons. The van der Waals surface area contributed by atoms with E-state index in [0.717, 1.165) is 25.9 Å². The molecule has 1 aromatic rings. The molecule has 0 spiro atoms. The zero-order chi connectivity index (χ0) is 13.7. The van der Waals surface area contributed by atoms with E-state index in [9.17, 15) is 5.11 Å². The molecule has 7 heteroatoms. The fourth-order valence-electron chi connectivity index (χ4n) is 2.09. The minimum absolute atomic E-state index is 0.232. The molecule has 0 aromatic carbocycles. The predicted molar refractivity (Wildman–Crippen MR) is 75.1 cm³/mol. The van der Waals surface area contributed by atoms with E-state index in [1.54, 1.807) is 6.92 Å². The summed E-state index contributed by atoms with van der Waals surface area (Å²) in [4.78, 5) is 14.8. The number of anilines is 3. The summed E-state index contributed by atoms with van der Waals surface area (Å²) < 4.78 is 0. The van der Waals surface area contributed by atoms with Crippen LogP contribution in [0.5, 0.6) is 0 Å². The predicted octanol–water partition coefficient (Wildman–Crippen LogP) is 0.627. The number of nitrogens with zero attached hydrogens (tertiary/aromatic N) is 4. The van der Waals surface area contributed by atoms with E-state index in [0.29, 0.717) is 24.9 Å². The van der Waals surface area contributed by atoms with Gasteiger partial charge in [0.2, 0.25) is 17.8 Å². The summed E-state index contributed by atoms with van der Waals surface area (Å²) in [6, 6.07) is 0. The van der Waals surface area contributed by atoms with Crippen LogP contribution in [-0.2, 0) is 0 Å². The molecule has 19 heavy (non-hydrogen) atoms. The van der Waals surface area contributed by atoms with Crippen molar-refractivity contribution in [2.24, 2.45) is 0 Å². The molecule has 1 aliphatic heterocycles. The van der Waals surface area contributed by atoms with Crippen LogP contribution in [0.15, 0.2) is 0 Å². The highest BCUT2D eigenvalue weighted by molar-refractivity contribution is 5.42. The molecule has 1 aromatic heterocycles. The van der Waals surface area contributed by atoms with Crippen LogP contribution in [0.4, 0.5) is 17.8 Å². The molecule has 0 saturated carbocycles. The van der Waals surface area contributed by atoms with Crippen molar-refractivity contribution in [1.82, 2.24) is 15.0 Å². The van der Waals surface area contributed by atoms with Gasteiger partial charge in [-0.1, -0.05) is 0 Å². The molecule has 1 unspecified atom stereocenters. The molecule has 7 nitrogen and oxygen atoms in total. The molecular formula is C12H22N6O. The van der Waals surface area contributed by atoms with Gasteiger partial charge in [0.25, 0.3) is 0 Å². The van der Waals surface area contributed by atoms with Gasteiger partial charge in [0.15, 0.2) is 0 Å². The second kappa shape index (κ2) is 6.51. The van der Waals surface area contributed by atoms with Crippen LogP contribution in [0.25, 0.3) is 0 Å². The summed E-state index contributed by atoms with van der Waals surface area (Å²) in [5.41, 5.74) is 5.72. The SMILES string of the molecule is CC(O)CCNc1nc(N)nc(N2CCCCC2)n1. The maximum atomic E-state index is 9.22. The number of hydrogen-bond donors (Lipinski definition) is 3. The summed E-state index contributed by atoms with van der Waals surface area (Å²) >= 11 is 0. The van der Waals surface area contributed by atoms with E-state index in [1.165, 1.54) is 6.42 Å². The Morgan fingerprint density at radius 1 is 1.26 bits per heavy atom. The molecule has 0 amide bonds. The quantitative estimate of drug-likeness (QED) is 0.718. The van der Waals surface area contributed by atoms with Gasteiger partial charge in [-0.25, -0.2) is 0 Å². The molecule has 1 saturated heterocycles. The van der Waals surface area contributed by atoms with Crippen LogP contribution in [-0.4, -0.2) is 45.8 Å². The van der Waals surface area contributed by atoms with Crippen molar-refractivity contribution in [3.05, 3.63) is 0 Å². The Hall–Kier alpha value is -1.63. The zero-order valence-corrected chi connectivity index (χ0v) is 11.3. The van der Waals surface area contributed by atoms with Gasteiger partial charge in [-0.2, -0.15) is 15.0 Å². The lowest BCUT2D eigenvalue weighted by molar-refractivity contribution is 0.188. The minimum Gasteiger partial charge on any atom is -0.393 e. The highest BCUT2D eigenvalue weighted by atomic mass is 16.3. The smallest absolute Gasteiger partial charge is 0.231 e. The fourth-order valence-corrected chi connectivity index (χ4v) is 2.09. The van der Waals surface area contributed by atoms with E-state index < -0.39 is 0 Å². The monoisotopic (exact) mass is 266 g/mol. The third-order valence-corrected chi connectivity index (χ3v) is 3.13. The van der Waals surface area contributed by atoms with Crippen molar-refractivity contribution in [2.75, 3.05) is 35.6 Å². The molecule has 1 fully saturated rings. The molecule has 2 heterocycles. The molecule has 4 N–H and O–H groups in total. The van der Waals surface area contributed by atoms with Gasteiger partial charge in [-0.05, 0) is 32.6 Å². The molecule has 1 atom stereocenters. The number of rotatable bonds is 5. The van der Waals surface area contributed by atoms with Crippen molar-refractivity contribution in [2.45, 2.75) is 38.7 Å².